The maximum Gasteiger partial charge on any atom is 0.221 e. The first-order valence-electron chi connectivity index (χ1n) is 10.0. The standard InChI is InChI=1S/C20H34N4OS.HI/c1-3-21-20(23-15-16(2)14-18-10-7-13-26-18)22-12-11-19(25)24-17-8-5-4-6-9-17;/h7,10,13,16-17H,3-6,8-9,11-12,14-15H2,1-2H3,(H,24,25)(H2,21,22,23);1H. The number of hydrogen-bond donors (Lipinski definition) is 3. The molecule has 0 aliphatic heterocycles. The Bertz CT molecular complexity index is 544. The highest BCUT2D eigenvalue weighted by Crippen LogP contribution is 2.17. The summed E-state index contributed by atoms with van der Waals surface area (Å²) in [7, 11) is 0. The minimum Gasteiger partial charge on any atom is -0.357 e. The van der Waals surface area contributed by atoms with Gasteiger partial charge in [0.05, 0.1) is 0 Å². The number of nitrogens with zero attached hydrogens (tertiary/aromatic N) is 1. The van der Waals surface area contributed by atoms with E-state index in [9.17, 15) is 4.79 Å². The molecule has 5 nitrogen and oxygen atoms in total. The fourth-order valence-corrected chi connectivity index (χ4v) is 4.14. The second-order valence-electron chi connectivity index (χ2n) is 7.19. The highest BCUT2D eigenvalue weighted by atomic mass is 127. The van der Waals surface area contributed by atoms with E-state index < -0.39 is 0 Å². The molecule has 0 aromatic carbocycles. The molecular weight excluding hydrogens is 471 g/mol. The maximum absolute atomic E-state index is 12.1. The first-order chi connectivity index (χ1) is 12.7. The Morgan fingerprint density at radius 1 is 1.30 bits per heavy atom. The number of amides is 1. The van der Waals surface area contributed by atoms with E-state index in [4.69, 9.17) is 0 Å². The first kappa shape index (κ1) is 24.2. The number of guanidine groups is 1. The summed E-state index contributed by atoms with van der Waals surface area (Å²) in [6, 6.07) is 4.66. The van der Waals surface area contributed by atoms with E-state index >= 15 is 0 Å². The minimum absolute atomic E-state index is 0. The Labute approximate surface area is 185 Å². The maximum atomic E-state index is 12.1. The van der Waals surface area contributed by atoms with E-state index in [2.05, 4.69) is 52.3 Å². The summed E-state index contributed by atoms with van der Waals surface area (Å²) < 4.78 is 0. The summed E-state index contributed by atoms with van der Waals surface area (Å²) in [6.07, 6.45) is 7.60. The second-order valence-corrected chi connectivity index (χ2v) is 8.22. The number of halogens is 1. The molecule has 154 valence electrons. The van der Waals surface area contributed by atoms with Crippen LogP contribution in [-0.4, -0.2) is 37.5 Å². The number of aliphatic imine (C=N–C) groups is 1. The molecule has 3 N–H and O–H groups in total. The summed E-state index contributed by atoms with van der Waals surface area (Å²) in [5.41, 5.74) is 0. The van der Waals surface area contributed by atoms with Gasteiger partial charge in [-0.25, -0.2) is 0 Å². The molecule has 0 spiro atoms. The number of hydrogen-bond acceptors (Lipinski definition) is 3. The quantitative estimate of drug-likeness (QED) is 0.270. The molecule has 1 amide bonds. The Hall–Kier alpha value is -0.830. The average Bonchev–Trinajstić information content (AvgIpc) is 3.13. The summed E-state index contributed by atoms with van der Waals surface area (Å²) in [5.74, 6) is 1.45. The minimum atomic E-state index is 0. The van der Waals surface area contributed by atoms with Crippen LogP contribution in [0.5, 0.6) is 0 Å². The predicted octanol–water partition coefficient (Wildman–Crippen LogP) is 3.94. The van der Waals surface area contributed by atoms with Crippen molar-refractivity contribution in [3.8, 4) is 0 Å². The largest absolute Gasteiger partial charge is 0.357 e. The van der Waals surface area contributed by atoms with Gasteiger partial charge in [-0.2, -0.15) is 0 Å². The lowest BCUT2D eigenvalue weighted by atomic mass is 9.95. The van der Waals surface area contributed by atoms with Gasteiger partial charge in [-0.05, 0) is 43.6 Å². The Kier molecular flexibility index (Phi) is 12.7. The van der Waals surface area contributed by atoms with E-state index in [0.29, 0.717) is 24.9 Å². The first-order valence-corrected chi connectivity index (χ1v) is 10.9. The van der Waals surface area contributed by atoms with Gasteiger partial charge in [0.25, 0.3) is 0 Å². The molecule has 27 heavy (non-hydrogen) atoms. The lowest BCUT2D eigenvalue weighted by molar-refractivity contribution is -0.121. The number of carbonyl (C=O) groups is 1. The zero-order valence-corrected chi connectivity index (χ0v) is 19.8. The molecule has 1 unspecified atom stereocenters. The van der Waals surface area contributed by atoms with Gasteiger partial charge in [-0.1, -0.05) is 32.3 Å². The molecule has 1 aliphatic carbocycles. The van der Waals surface area contributed by atoms with Crippen LogP contribution in [0.4, 0.5) is 0 Å². The summed E-state index contributed by atoms with van der Waals surface area (Å²) in [6.45, 7) is 6.50. The van der Waals surface area contributed by atoms with Gasteiger partial charge in [-0.3, -0.25) is 9.79 Å². The van der Waals surface area contributed by atoms with Crippen LogP contribution in [0.15, 0.2) is 22.5 Å². The van der Waals surface area contributed by atoms with Crippen LogP contribution in [0.2, 0.25) is 0 Å². The Morgan fingerprint density at radius 3 is 2.74 bits per heavy atom. The third kappa shape index (κ3) is 10.3. The molecule has 0 radical (unpaired) electrons. The van der Waals surface area contributed by atoms with Crippen LogP contribution in [0.3, 0.4) is 0 Å². The van der Waals surface area contributed by atoms with Crippen molar-refractivity contribution in [2.45, 2.75) is 64.8 Å². The molecule has 1 heterocycles. The van der Waals surface area contributed by atoms with Crippen LogP contribution in [0.1, 0.15) is 57.2 Å². The smallest absolute Gasteiger partial charge is 0.221 e. The van der Waals surface area contributed by atoms with Crippen molar-refractivity contribution in [3.63, 3.8) is 0 Å². The van der Waals surface area contributed by atoms with Gasteiger partial charge < -0.3 is 16.0 Å². The molecule has 1 fully saturated rings. The number of nitrogens with one attached hydrogen (secondary N) is 3. The van der Waals surface area contributed by atoms with Gasteiger partial charge in [0.15, 0.2) is 5.96 Å². The Balaban J connectivity index is 0.00000364. The van der Waals surface area contributed by atoms with Crippen molar-refractivity contribution in [1.29, 1.82) is 0 Å². The van der Waals surface area contributed by atoms with Gasteiger partial charge in [0.1, 0.15) is 0 Å². The highest BCUT2D eigenvalue weighted by molar-refractivity contribution is 14.0. The lowest BCUT2D eigenvalue weighted by Crippen LogP contribution is -2.41. The van der Waals surface area contributed by atoms with Crippen LogP contribution >= 0.6 is 35.3 Å². The van der Waals surface area contributed by atoms with Crippen molar-refractivity contribution in [3.05, 3.63) is 22.4 Å². The number of thiophene rings is 1. The van der Waals surface area contributed by atoms with Crippen LogP contribution in [0.25, 0.3) is 0 Å². The van der Waals surface area contributed by atoms with Crippen molar-refractivity contribution >= 4 is 47.2 Å². The van der Waals surface area contributed by atoms with Gasteiger partial charge in [-0.15, -0.1) is 35.3 Å². The Morgan fingerprint density at radius 2 is 2.07 bits per heavy atom. The molecule has 7 heteroatoms. The molecule has 1 aliphatic rings. The average molecular weight is 506 g/mol. The van der Waals surface area contributed by atoms with Crippen LogP contribution in [-0.2, 0) is 11.2 Å². The van der Waals surface area contributed by atoms with Crippen molar-refractivity contribution in [2.75, 3.05) is 19.6 Å². The normalized spacial score (nSPS) is 16.3. The third-order valence-electron chi connectivity index (χ3n) is 4.65. The molecule has 0 saturated heterocycles. The lowest BCUT2D eigenvalue weighted by Gasteiger charge is -2.22. The van der Waals surface area contributed by atoms with E-state index in [1.807, 2.05) is 0 Å². The molecule has 2 rings (SSSR count). The molecule has 1 atom stereocenters. The summed E-state index contributed by atoms with van der Waals surface area (Å²) >= 11 is 1.80. The zero-order valence-electron chi connectivity index (χ0n) is 16.6. The topological polar surface area (TPSA) is 65.5 Å². The van der Waals surface area contributed by atoms with E-state index in [1.54, 1.807) is 11.3 Å². The van der Waals surface area contributed by atoms with E-state index in [0.717, 1.165) is 38.3 Å². The van der Waals surface area contributed by atoms with Gasteiger partial charge in [0.2, 0.25) is 5.91 Å². The third-order valence-corrected chi connectivity index (χ3v) is 5.55. The van der Waals surface area contributed by atoms with Crippen molar-refractivity contribution in [2.24, 2.45) is 10.9 Å². The predicted molar refractivity (Wildman–Crippen MR) is 126 cm³/mol. The molecule has 1 saturated carbocycles. The van der Waals surface area contributed by atoms with Crippen molar-refractivity contribution in [1.82, 2.24) is 16.0 Å². The molecule has 1 aromatic rings. The summed E-state index contributed by atoms with van der Waals surface area (Å²) in [5, 5.41) is 11.8. The van der Waals surface area contributed by atoms with Crippen molar-refractivity contribution < 1.29 is 4.79 Å². The monoisotopic (exact) mass is 506 g/mol. The van der Waals surface area contributed by atoms with Crippen LogP contribution < -0.4 is 16.0 Å². The number of carbonyl (C=O) groups excluding carboxylic acids is 1. The molecule has 1 aromatic heterocycles. The molecular formula is C20H35IN4OS. The van der Waals surface area contributed by atoms with Gasteiger partial charge in [0, 0.05) is 37.0 Å². The van der Waals surface area contributed by atoms with Crippen LogP contribution in [0, 0.1) is 5.92 Å². The van der Waals surface area contributed by atoms with E-state index in [-0.39, 0.29) is 29.9 Å². The SMILES string of the molecule is CCNC(=NCC(C)Cc1cccs1)NCCC(=O)NC1CCCCC1.I. The fraction of sp³-hybridized carbons (Fsp3) is 0.700. The highest BCUT2D eigenvalue weighted by Gasteiger charge is 2.15. The molecule has 0 bridgehead atoms. The number of rotatable bonds is 9. The zero-order chi connectivity index (χ0) is 18.6. The van der Waals surface area contributed by atoms with E-state index in [1.165, 1.54) is 24.1 Å². The summed E-state index contributed by atoms with van der Waals surface area (Å²) in [4.78, 5) is 18.2. The second kappa shape index (κ2) is 14.2. The van der Waals surface area contributed by atoms with Gasteiger partial charge >= 0.3 is 0 Å². The fourth-order valence-electron chi connectivity index (χ4n) is 3.27.